The molecule has 0 aliphatic carbocycles. The van der Waals surface area contributed by atoms with Gasteiger partial charge in [0.2, 0.25) is 0 Å². The minimum absolute atomic E-state index is 0.0599. The summed E-state index contributed by atoms with van der Waals surface area (Å²) in [5.41, 5.74) is 5.46. The number of rotatable bonds is 5. The van der Waals surface area contributed by atoms with E-state index in [0.717, 1.165) is 31.8 Å². The molecule has 0 radical (unpaired) electrons. The standard InChI is InChI=1S/C18H21F3N8/c1-24-5-4-15(28-6-2-3-12(10-28)17(22)23)26-7-13-8-27-16-9-25-14(11-29(13)16)18(19,20)21/h4-5,8-9,11-12H,1-3,6-7,10H2,(H3,22,23)/b5-4-,26-15+. The monoisotopic (exact) mass is 406 g/mol. The van der Waals surface area contributed by atoms with Gasteiger partial charge in [-0.3, -0.25) is 19.8 Å². The summed E-state index contributed by atoms with van der Waals surface area (Å²) in [5, 5.41) is 7.69. The molecule has 1 unspecified atom stereocenters. The van der Waals surface area contributed by atoms with Gasteiger partial charge < -0.3 is 10.6 Å². The normalized spacial score (nSPS) is 18.5. The number of alkyl halides is 3. The molecule has 8 nitrogen and oxygen atoms in total. The number of amidine groups is 2. The first-order chi connectivity index (χ1) is 13.8. The van der Waals surface area contributed by atoms with Crippen LogP contribution in [0.3, 0.4) is 0 Å². The second kappa shape index (κ2) is 8.41. The lowest BCUT2D eigenvalue weighted by Crippen LogP contribution is -2.43. The zero-order valence-electron chi connectivity index (χ0n) is 15.6. The quantitative estimate of drug-likeness (QED) is 0.587. The van der Waals surface area contributed by atoms with E-state index in [4.69, 9.17) is 11.1 Å². The van der Waals surface area contributed by atoms with Crippen molar-refractivity contribution in [2.75, 3.05) is 13.1 Å². The van der Waals surface area contributed by atoms with Gasteiger partial charge in [0.25, 0.3) is 0 Å². The van der Waals surface area contributed by atoms with Gasteiger partial charge in [0.05, 0.1) is 30.5 Å². The second-order valence-electron chi connectivity index (χ2n) is 6.66. The Balaban J connectivity index is 1.88. The Morgan fingerprint density at radius 2 is 2.17 bits per heavy atom. The molecule has 1 aliphatic rings. The van der Waals surface area contributed by atoms with Crippen LogP contribution in [0.25, 0.3) is 5.65 Å². The molecule has 0 aromatic carbocycles. The lowest BCUT2D eigenvalue weighted by atomic mass is 9.97. The number of nitrogens with two attached hydrogens (primary N) is 1. The van der Waals surface area contributed by atoms with Gasteiger partial charge in [0.15, 0.2) is 11.3 Å². The fourth-order valence-corrected chi connectivity index (χ4v) is 3.18. The topological polar surface area (TPSA) is 108 Å². The number of hydrogen-bond donors (Lipinski definition) is 2. The van der Waals surface area contributed by atoms with Gasteiger partial charge in [-0.2, -0.15) is 13.2 Å². The number of likely N-dealkylation sites (tertiary alicyclic amines) is 1. The number of imidazole rings is 1. The third-order valence-corrected chi connectivity index (χ3v) is 4.68. The number of hydrogen-bond acceptors (Lipinski definition) is 5. The van der Waals surface area contributed by atoms with Gasteiger partial charge in [0.1, 0.15) is 5.84 Å². The van der Waals surface area contributed by atoms with Gasteiger partial charge in [-0.25, -0.2) is 9.97 Å². The van der Waals surface area contributed by atoms with Crippen LogP contribution in [0.2, 0.25) is 0 Å². The van der Waals surface area contributed by atoms with Crippen molar-refractivity contribution in [3.8, 4) is 0 Å². The SMILES string of the molecule is C=N/C=C\C(=N/Cc1cnc2cnc(C(F)(F)F)cn12)N1CCCC(C(=N)N)C1. The lowest BCUT2D eigenvalue weighted by Gasteiger charge is -2.33. The molecule has 154 valence electrons. The summed E-state index contributed by atoms with van der Waals surface area (Å²) in [6, 6.07) is 0. The number of nitrogens with one attached hydrogen (secondary N) is 1. The predicted molar refractivity (Wildman–Crippen MR) is 104 cm³/mol. The molecule has 0 saturated carbocycles. The highest BCUT2D eigenvalue weighted by molar-refractivity contribution is 5.93. The molecule has 0 amide bonds. The Morgan fingerprint density at radius 3 is 2.86 bits per heavy atom. The first-order valence-corrected chi connectivity index (χ1v) is 8.94. The van der Waals surface area contributed by atoms with Crippen LogP contribution in [0, 0.1) is 11.3 Å². The number of halogens is 3. The molecule has 0 spiro atoms. The third kappa shape index (κ3) is 4.79. The maximum Gasteiger partial charge on any atom is 0.434 e. The molecule has 1 fully saturated rings. The van der Waals surface area contributed by atoms with E-state index in [1.165, 1.54) is 16.8 Å². The summed E-state index contributed by atoms with van der Waals surface area (Å²) in [7, 11) is 0. The van der Waals surface area contributed by atoms with Crippen molar-refractivity contribution < 1.29 is 13.2 Å². The predicted octanol–water partition coefficient (Wildman–Crippen LogP) is 2.51. The summed E-state index contributed by atoms with van der Waals surface area (Å²) in [6.45, 7) is 4.81. The van der Waals surface area contributed by atoms with E-state index in [9.17, 15) is 13.2 Å². The van der Waals surface area contributed by atoms with Crippen LogP contribution in [0.1, 0.15) is 24.2 Å². The Kier molecular flexibility index (Phi) is 5.95. The minimum Gasteiger partial charge on any atom is -0.387 e. The van der Waals surface area contributed by atoms with E-state index in [2.05, 4.69) is 26.7 Å². The molecule has 3 heterocycles. The summed E-state index contributed by atoms with van der Waals surface area (Å²) < 4.78 is 40.2. The van der Waals surface area contributed by atoms with Crippen LogP contribution in [-0.4, -0.2) is 50.7 Å². The first kappa shape index (κ1) is 20.5. The van der Waals surface area contributed by atoms with Crippen molar-refractivity contribution in [2.45, 2.75) is 25.6 Å². The molecule has 11 heteroatoms. The van der Waals surface area contributed by atoms with Crippen LogP contribution in [-0.2, 0) is 12.7 Å². The molecular weight excluding hydrogens is 385 g/mol. The summed E-state index contributed by atoms with van der Waals surface area (Å²) in [6.07, 6.45) is 3.80. The van der Waals surface area contributed by atoms with E-state index in [-0.39, 0.29) is 18.3 Å². The van der Waals surface area contributed by atoms with Gasteiger partial charge in [-0.15, -0.1) is 0 Å². The van der Waals surface area contributed by atoms with Crippen LogP contribution >= 0.6 is 0 Å². The average Bonchev–Trinajstić information content (AvgIpc) is 3.10. The molecule has 3 rings (SSSR count). The van der Waals surface area contributed by atoms with Crippen LogP contribution in [0.5, 0.6) is 0 Å². The number of nitrogens with zero attached hydrogens (tertiary/aromatic N) is 6. The van der Waals surface area contributed by atoms with E-state index >= 15 is 0 Å². The fraction of sp³-hybridized carbons (Fsp3) is 0.389. The lowest BCUT2D eigenvalue weighted by molar-refractivity contribution is -0.141. The first-order valence-electron chi connectivity index (χ1n) is 8.94. The number of aromatic nitrogens is 3. The number of fused-ring (bicyclic) bond motifs is 1. The molecule has 1 saturated heterocycles. The number of aliphatic imine (C=N–C) groups is 2. The molecular formula is C18H21F3N8. The van der Waals surface area contributed by atoms with E-state index in [0.29, 0.717) is 23.7 Å². The highest BCUT2D eigenvalue weighted by Crippen LogP contribution is 2.27. The molecule has 3 N–H and O–H groups in total. The van der Waals surface area contributed by atoms with E-state index < -0.39 is 11.9 Å². The second-order valence-corrected chi connectivity index (χ2v) is 6.66. The van der Waals surface area contributed by atoms with E-state index in [1.54, 1.807) is 6.08 Å². The van der Waals surface area contributed by atoms with Crippen LogP contribution in [0.4, 0.5) is 13.2 Å². The highest BCUT2D eigenvalue weighted by Gasteiger charge is 2.33. The van der Waals surface area contributed by atoms with Crippen molar-refractivity contribution in [1.82, 2.24) is 19.3 Å². The average molecular weight is 406 g/mol. The highest BCUT2D eigenvalue weighted by atomic mass is 19.4. The van der Waals surface area contributed by atoms with Crippen molar-refractivity contribution in [3.63, 3.8) is 0 Å². The van der Waals surface area contributed by atoms with Gasteiger partial charge in [-0.1, -0.05) is 0 Å². The van der Waals surface area contributed by atoms with Crippen molar-refractivity contribution in [1.29, 1.82) is 5.41 Å². The Morgan fingerprint density at radius 1 is 1.38 bits per heavy atom. The molecule has 29 heavy (non-hydrogen) atoms. The zero-order valence-corrected chi connectivity index (χ0v) is 15.6. The summed E-state index contributed by atoms with van der Waals surface area (Å²) in [4.78, 5) is 17.7. The maximum atomic E-state index is 13.0. The van der Waals surface area contributed by atoms with Gasteiger partial charge in [0, 0.05) is 31.4 Å². The van der Waals surface area contributed by atoms with Crippen LogP contribution < -0.4 is 5.73 Å². The van der Waals surface area contributed by atoms with Crippen molar-refractivity contribution in [3.05, 3.63) is 42.3 Å². The fourth-order valence-electron chi connectivity index (χ4n) is 3.18. The molecule has 1 aliphatic heterocycles. The Labute approximate surface area is 165 Å². The maximum absolute atomic E-state index is 13.0. The van der Waals surface area contributed by atoms with E-state index in [1.807, 2.05) is 4.90 Å². The minimum atomic E-state index is -4.54. The van der Waals surface area contributed by atoms with Crippen molar-refractivity contribution in [2.24, 2.45) is 21.6 Å². The molecule has 0 bridgehead atoms. The van der Waals surface area contributed by atoms with Crippen LogP contribution in [0.15, 0.2) is 40.9 Å². The largest absolute Gasteiger partial charge is 0.434 e. The van der Waals surface area contributed by atoms with Crippen molar-refractivity contribution >= 4 is 24.0 Å². The summed E-state index contributed by atoms with van der Waals surface area (Å²) >= 11 is 0. The molecule has 2 aromatic rings. The van der Waals surface area contributed by atoms with Gasteiger partial charge in [-0.05, 0) is 25.6 Å². The smallest absolute Gasteiger partial charge is 0.387 e. The molecule has 2 aromatic heterocycles. The third-order valence-electron chi connectivity index (χ3n) is 4.68. The Hall–Kier alpha value is -3.24. The van der Waals surface area contributed by atoms with Gasteiger partial charge >= 0.3 is 6.18 Å². The summed E-state index contributed by atoms with van der Waals surface area (Å²) in [5.74, 6) is 0.674. The zero-order chi connectivity index (χ0) is 21.0. The number of piperidine rings is 1. The molecule has 1 atom stereocenters. The Bertz CT molecular complexity index is 960.